The van der Waals surface area contributed by atoms with Crippen molar-refractivity contribution in [3.8, 4) is 5.69 Å². The fourth-order valence-electron chi connectivity index (χ4n) is 2.88. The summed E-state index contributed by atoms with van der Waals surface area (Å²) in [6.45, 7) is 1.03. The lowest BCUT2D eigenvalue weighted by Gasteiger charge is -2.17. The van der Waals surface area contributed by atoms with Crippen LogP contribution in [0.4, 0.5) is 23.7 Å². The second-order valence-corrected chi connectivity index (χ2v) is 6.60. The molecular formula is C18H17F3N6O4. The molecule has 164 valence electrons. The molecule has 1 aliphatic heterocycles. The molecule has 1 saturated heterocycles. The van der Waals surface area contributed by atoms with Crippen molar-refractivity contribution in [1.82, 2.24) is 24.6 Å². The zero-order valence-corrected chi connectivity index (χ0v) is 16.2. The standard InChI is InChI=1S/C18H17F3N6O4/c1-2-3-6-25-15(29)16(30)26(17(25)31)8-14(28)24-12-7-11(18(19,20)21)4-5-13(12)27-10-22-9-23-27/h4-5,7,9-10H,2-3,6,8H2,1H3,(H,24,28). The summed E-state index contributed by atoms with van der Waals surface area (Å²) in [7, 11) is 0. The molecule has 1 N–H and O–H groups in total. The van der Waals surface area contributed by atoms with Crippen molar-refractivity contribution in [1.29, 1.82) is 0 Å². The number of carbonyl (C=O) groups excluding carboxylic acids is 4. The average molecular weight is 438 g/mol. The van der Waals surface area contributed by atoms with Gasteiger partial charge in [0.15, 0.2) is 0 Å². The van der Waals surface area contributed by atoms with Crippen molar-refractivity contribution in [3.63, 3.8) is 0 Å². The molecule has 1 aromatic heterocycles. The molecule has 0 saturated carbocycles. The first kappa shape index (κ1) is 21.9. The van der Waals surface area contributed by atoms with E-state index in [9.17, 15) is 32.3 Å². The summed E-state index contributed by atoms with van der Waals surface area (Å²) in [5.74, 6) is -3.18. The van der Waals surface area contributed by atoms with Crippen LogP contribution in [0.15, 0.2) is 30.9 Å². The van der Waals surface area contributed by atoms with Crippen LogP contribution in [0.25, 0.3) is 5.69 Å². The highest BCUT2D eigenvalue weighted by molar-refractivity contribution is 6.45. The number of nitrogens with zero attached hydrogens (tertiary/aromatic N) is 5. The van der Waals surface area contributed by atoms with Gasteiger partial charge in [0.25, 0.3) is 0 Å². The lowest BCUT2D eigenvalue weighted by Crippen LogP contribution is -2.39. The number of anilines is 1. The minimum Gasteiger partial charge on any atom is -0.323 e. The molecule has 31 heavy (non-hydrogen) atoms. The Morgan fingerprint density at radius 3 is 2.45 bits per heavy atom. The van der Waals surface area contributed by atoms with Crippen molar-refractivity contribution in [2.75, 3.05) is 18.4 Å². The number of nitrogens with one attached hydrogen (secondary N) is 1. The smallest absolute Gasteiger partial charge is 0.323 e. The van der Waals surface area contributed by atoms with E-state index in [0.717, 1.165) is 28.0 Å². The predicted octanol–water partition coefficient (Wildman–Crippen LogP) is 1.82. The third-order valence-corrected chi connectivity index (χ3v) is 4.44. The fourth-order valence-corrected chi connectivity index (χ4v) is 2.88. The monoisotopic (exact) mass is 438 g/mol. The molecule has 5 amide bonds. The Balaban J connectivity index is 1.82. The number of benzene rings is 1. The highest BCUT2D eigenvalue weighted by Gasteiger charge is 2.44. The molecular weight excluding hydrogens is 421 g/mol. The number of alkyl halides is 3. The quantitative estimate of drug-likeness (QED) is 0.521. The van der Waals surface area contributed by atoms with Crippen LogP contribution in [-0.4, -0.2) is 61.4 Å². The SMILES string of the molecule is CCCCN1C(=O)C(=O)N(CC(=O)Nc2cc(C(F)(F)F)ccc2-n2cncn2)C1=O. The molecule has 0 bridgehead atoms. The summed E-state index contributed by atoms with van der Waals surface area (Å²) in [4.78, 5) is 53.7. The number of halogens is 3. The zero-order chi connectivity index (χ0) is 22.8. The molecule has 0 atom stereocenters. The Bertz CT molecular complexity index is 1020. The van der Waals surface area contributed by atoms with E-state index in [-0.39, 0.29) is 17.9 Å². The number of rotatable bonds is 7. The minimum absolute atomic E-state index is 0.0299. The number of amides is 5. The summed E-state index contributed by atoms with van der Waals surface area (Å²) in [6.07, 6.45) is -1.15. The van der Waals surface area contributed by atoms with Gasteiger partial charge in [0.2, 0.25) is 5.91 Å². The summed E-state index contributed by atoms with van der Waals surface area (Å²) < 4.78 is 40.5. The number of carbonyl (C=O) groups is 4. The van der Waals surface area contributed by atoms with Gasteiger partial charge in [0.05, 0.1) is 16.9 Å². The van der Waals surface area contributed by atoms with Crippen LogP contribution in [0.5, 0.6) is 0 Å². The maximum Gasteiger partial charge on any atom is 0.416 e. The summed E-state index contributed by atoms with van der Waals surface area (Å²) in [5, 5.41) is 6.07. The molecule has 1 aliphatic rings. The molecule has 0 unspecified atom stereocenters. The van der Waals surface area contributed by atoms with Crippen LogP contribution in [0.1, 0.15) is 25.3 Å². The van der Waals surface area contributed by atoms with Crippen molar-refractivity contribution < 1.29 is 32.3 Å². The number of unbranched alkanes of at least 4 members (excludes halogenated alkanes) is 1. The van der Waals surface area contributed by atoms with Gasteiger partial charge in [-0.1, -0.05) is 13.3 Å². The van der Waals surface area contributed by atoms with Gasteiger partial charge in [0.1, 0.15) is 19.2 Å². The number of hydrogen-bond donors (Lipinski definition) is 1. The predicted molar refractivity (Wildman–Crippen MR) is 98.7 cm³/mol. The van der Waals surface area contributed by atoms with Gasteiger partial charge in [-0.2, -0.15) is 18.3 Å². The molecule has 13 heteroatoms. The molecule has 3 rings (SSSR count). The minimum atomic E-state index is -4.67. The first-order valence-corrected chi connectivity index (χ1v) is 9.17. The molecule has 2 aromatic rings. The number of urea groups is 1. The molecule has 1 aromatic carbocycles. The van der Waals surface area contributed by atoms with Crippen LogP contribution < -0.4 is 5.32 Å². The molecule has 1 fully saturated rings. The highest BCUT2D eigenvalue weighted by atomic mass is 19.4. The van der Waals surface area contributed by atoms with E-state index in [0.29, 0.717) is 23.8 Å². The third-order valence-electron chi connectivity index (χ3n) is 4.44. The Kier molecular flexibility index (Phi) is 6.04. The Morgan fingerprint density at radius 1 is 1.13 bits per heavy atom. The topological polar surface area (TPSA) is 118 Å². The van der Waals surface area contributed by atoms with E-state index < -0.39 is 42.0 Å². The lowest BCUT2D eigenvalue weighted by molar-refractivity contribution is -0.143. The van der Waals surface area contributed by atoms with Crippen LogP contribution >= 0.6 is 0 Å². The first-order chi connectivity index (χ1) is 14.6. The molecule has 10 nitrogen and oxygen atoms in total. The Morgan fingerprint density at radius 2 is 1.84 bits per heavy atom. The van der Waals surface area contributed by atoms with Crippen molar-refractivity contribution in [3.05, 3.63) is 36.4 Å². The van der Waals surface area contributed by atoms with Crippen molar-refractivity contribution >= 4 is 29.4 Å². The lowest BCUT2D eigenvalue weighted by atomic mass is 10.1. The molecule has 0 radical (unpaired) electrons. The van der Waals surface area contributed by atoms with Crippen molar-refractivity contribution in [2.45, 2.75) is 25.9 Å². The summed E-state index contributed by atoms with van der Waals surface area (Å²) in [5.41, 5.74) is -1.21. The largest absolute Gasteiger partial charge is 0.416 e. The second-order valence-electron chi connectivity index (χ2n) is 6.60. The zero-order valence-electron chi connectivity index (χ0n) is 16.2. The maximum absolute atomic E-state index is 13.1. The summed E-state index contributed by atoms with van der Waals surface area (Å²) in [6, 6.07) is 1.65. The van der Waals surface area contributed by atoms with Crippen LogP contribution in [0.3, 0.4) is 0 Å². The molecule has 2 heterocycles. The fraction of sp³-hybridized carbons (Fsp3) is 0.333. The second kappa shape index (κ2) is 8.53. The van der Waals surface area contributed by atoms with Gasteiger partial charge in [0, 0.05) is 6.54 Å². The Hall–Kier alpha value is -3.77. The van der Waals surface area contributed by atoms with Gasteiger partial charge in [-0.05, 0) is 24.6 Å². The van der Waals surface area contributed by atoms with Gasteiger partial charge >= 0.3 is 24.0 Å². The number of hydrogen-bond acceptors (Lipinski definition) is 6. The van der Waals surface area contributed by atoms with E-state index in [1.54, 1.807) is 0 Å². The van der Waals surface area contributed by atoms with E-state index in [1.807, 2.05) is 6.92 Å². The van der Waals surface area contributed by atoms with Gasteiger partial charge in [-0.25, -0.2) is 19.4 Å². The average Bonchev–Trinajstić information content (AvgIpc) is 3.30. The van der Waals surface area contributed by atoms with E-state index >= 15 is 0 Å². The third kappa shape index (κ3) is 4.54. The van der Waals surface area contributed by atoms with E-state index in [4.69, 9.17) is 0 Å². The highest BCUT2D eigenvalue weighted by Crippen LogP contribution is 2.33. The van der Waals surface area contributed by atoms with Gasteiger partial charge in [-0.15, -0.1) is 0 Å². The molecule has 0 spiro atoms. The maximum atomic E-state index is 13.1. The number of imide groups is 2. The first-order valence-electron chi connectivity index (χ1n) is 9.17. The van der Waals surface area contributed by atoms with E-state index in [1.165, 1.54) is 6.33 Å². The van der Waals surface area contributed by atoms with Gasteiger partial charge in [-0.3, -0.25) is 19.3 Å². The van der Waals surface area contributed by atoms with E-state index in [2.05, 4.69) is 15.4 Å². The number of aromatic nitrogens is 3. The van der Waals surface area contributed by atoms with Crippen LogP contribution in [0, 0.1) is 0 Å². The Labute approximate surface area is 173 Å². The van der Waals surface area contributed by atoms with Crippen molar-refractivity contribution in [2.24, 2.45) is 0 Å². The van der Waals surface area contributed by atoms with Gasteiger partial charge < -0.3 is 5.32 Å². The normalized spacial score (nSPS) is 14.5. The molecule has 0 aliphatic carbocycles. The van der Waals surface area contributed by atoms with Crippen LogP contribution in [-0.2, 0) is 20.6 Å². The van der Waals surface area contributed by atoms with Crippen LogP contribution in [0.2, 0.25) is 0 Å². The summed E-state index contributed by atoms with van der Waals surface area (Å²) >= 11 is 0.